The smallest absolute Gasteiger partial charge is 0.394 e. The highest BCUT2D eigenvalue weighted by Gasteiger charge is 1.85. The van der Waals surface area contributed by atoms with E-state index in [4.69, 9.17) is 39.6 Å². The van der Waals surface area contributed by atoms with Crippen molar-refractivity contribution in [3.05, 3.63) is 29.3 Å². The Balaban J connectivity index is 0. The molecule has 0 saturated heterocycles. The Morgan fingerprint density at radius 3 is 1.59 bits per heavy atom. The van der Waals surface area contributed by atoms with Crippen LogP contribution in [0.25, 0.3) is 0 Å². The summed E-state index contributed by atoms with van der Waals surface area (Å²) < 4.78 is 31.6. The lowest BCUT2D eigenvalue weighted by Gasteiger charge is -1.87. The van der Waals surface area contributed by atoms with E-state index in [1.807, 2.05) is 0 Å². The summed E-state index contributed by atoms with van der Waals surface area (Å²) in [5.74, 6) is -0.0885. The lowest BCUT2D eigenvalue weighted by molar-refractivity contribution is 0.381. The van der Waals surface area contributed by atoms with Crippen LogP contribution in [-0.2, 0) is 10.4 Å². The Labute approximate surface area is 103 Å². The minimum Gasteiger partial charge on any atom is -0.508 e. The number of aromatic hydroxyl groups is 1. The standard InChI is InChI=1S/C6H5ClO.CH5N3.H2O4S/c7-5-1-3-6(8)4-2-5;2-1(3)4;1-5(2,3)4/h1-4,8H;(H5,2,3,4);(H2,1,2,3,4). The van der Waals surface area contributed by atoms with Gasteiger partial charge in [0.05, 0.1) is 0 Å². The Morgan fingerprint density at radius 1 is 1.18 bits per heavy atom. The van der Waals surface area contributed by atoms with Crippen molar-refractivity contribution in [3.63, 3.8) is 0 Å². The van der Waals surface area contributed by atoms with Crippen molar-refractivity contribution in [3.8, 4) is 5.75 Å². The molecule has 0 unspecified atom stereocenters. The van der Waals surface area contributed by atoms with Gasteiger partial charge in [-0.1, -0.05) is 11.6 Å². The number of phenols is 1. The second-order valence-corrected chi connectivity index (χ2v) is 3.71. The molecule has 0 radical (unpaired) electrons. The number of benzene rings is 1. The van der Waals surface area contributed by atoms with Crippen LogP contribution in [0.15, 0.2) is 24.3 Å². The molecular formula is C7H12ClN3O5S. The lowest BCUT2D eigenvalue weighted by atomic mass is 10.3. The average molecular weight is 286 g/mol. The molecule has 1 rings (SSSR count). The Morgan fingerprint density at radius 2 is 1.41 bits per heavy atom. The predicted molar refractivity (Wildman–Crippen MR) is 63.4 cm³/mol. The number of nitrogens with one attached hydrogen (secondary N) is 1. The van der Waals surface area contributed by atoms with E-state index in [-0.39, 0.29) is 11.7 Å². The Bertz CT molecular complexity index is 400. The third-order valence-electron chi connectivity index (χ3n) is 0.827. The third-order valence-corrected chi connectivity index (χ3v) is 1.08. The van der Waals surface area contributed by atoms with Gasteiger partial charge in [0.2, 0.25) is 0 Å². The molecule has 8 nitrogen and oxygen atoms in total. The highest BCUT2D eigenvalue weighted by molar-refractivity contribution is 7.79. The fraction of sp³-hybridized carbons (Fsp3) is 0. The van der Waals surface area contributed by atoms with E-state index in [2.05, 4.69) is 11.5 Å². The van der Waals surface area contributed by atoms with Crippen molar-refractivity contribution in [2.75, 3.05) is 0 Å². The summed E-state index contributed by atoms with van der Waals surface area (Å²) in [6.07, 6.45) is 0. The van der Waals surface area contributed by atoms with E-state index in [0.29, 0.717) is 5.02 Å². The zero-order valence-corrected chi connectivity index (χ0v) is 9.98. The highest BCUT2D eigenvalue weighted by atomic mass is 35.5. The zero-order valence-electron chi connectivity index (χ0n) is 8.41. The summed E-state index contributed by atoms with van der Waals surface area (Å²) in [4.78, 5) is 0. The van der Waals surface area contributed by atoms with Crippen molar-refractivity contribution >= 4 is 28.0 Å². The first kappa shape index (κ1) is 17.8. The van der Waals surface area contributed by atoms with Crippen LogP contribution in [0.5, 0.6) is 5.75 Å². The van der Waals surface area contributed by atoms with Crippen LogP contribution in [0.4, 0.5) is 0 Å². The molecule has 0 amide bonds. The molecule has 0 spiro atoms. The minimum absolute atomic E-state index is 0.245. The molecule has 1 aromatic carbocycles. The molecule has 17 heavy (non-hydrogen) atoms. The number of rotatable bonds is 0. The first-order valence-electron chi connectivity index (χ1n) is 3.76. The minimum atomic E-state index is -4.67. The molecule has 0 heterocycles. The molecule has 98 valence electrons. The van der Waals surface area contributed by atoms with E-state index >= 15 is 0 Å². The zero-order chi connectivity index (χ0) is 14.1. The number of nitrogens with two attached hydrogens (primary N) is 2. The summed E-state index contributed by atoms with van der Waals surface area (Å²) in [5.41, 5.74) is 8.94. The van der Waals surface area contributed by atoms with Gasteiger partial charge in [-0.05, 0) is 24.3 Å². The van der Waals surface area contributed by atoms with E-state index in [1.54, 1.807) is 24.3 Å². The SMILES string of the molecule is N=C(N)N.O=S(=O)(O)O.Oc1ccc(Cl)cc1. The van der Waals surface area contributed by atoms with Crippen molar-refractivity contribution in [1.82, 2.24) is 0 Å². The number of halogens is 1. The number of hydrogen-bond donors (Lipinski definition) is 6. The van der Waals surface area contributed by atoms with Crippen LogP contribution in [0, 0.1) is 5.41 Å². The largest absolute Gasteiger partial charge is 0.508 e. The number of hydrogen-bond acceptors (Lipinski definition) is 4. The van der Waals surface area contributed by atoms with E-state index in [0.717, 1.165) is 0 Å². The molecule has 10 heteroatoms. The van der Waals surface area contributed by atoms with Crippen molar-refractivity contribution in [2.24, 2.45) is 11.5 Å². The quantitative estimate of drug-likeness (QED) is 0.225. The number of phenolic OH excluding ortho intramolecular Hbond substituents is 1. The van der Waals surface area contributed by atoms with Gasteiger partial charge >= 0.3 is 10.4 Å². The van der Waals surface area contributed by atoms with Crippen molar-refractivity contribution in [1.29, 1.82) is 5.41 Å². The molecule has 0 aliphatic carbocycles. The van der Waals surface area contributed by atoms with Crippen molar-refractivity contribution in [2.45, 2.75) is 0 Å². The molecule has 0 fully saturated rings. The summed E-state index contributed by atoms with van der Waals surface area (Å²) in [6.45, 7) is 0. The van der Waals surface area contributed by atoms with E-state index < -0.39 is 10.4 Å². The maximum atomic E-state index is 8.74. The van der Waals surface area contributed by atoms with Crippen molar-refractivity contribution < 1.29 is 22.6 Å². The Kier molecular flexibility index (Phi) is 9.01. The van der Waals surface area contributed by atoms with Gasteiger partial charge in [-0.15, -0.1) is 0 Å². The second kappa shape index (κ2) is 8.58. The van der Waals surface area contributed by atoms with Gasteiger partial charge < -0.3 is 16.6 Å². The second-order valence-electron chi connectivity index (χ2n) is 2.38. The van der Waals surface area contributed by atoms with E-state index in [9.17, 15) is 0 Å². The van der Waals surface area contributed by atoms with Gasteiger partial charge in [-0.3, -0.25) is 14.5 Å². The maximum Gasteiger partial charge on any atom is 0.394 e. The lowest BCUT2D eigenvalue weighted by Crippen LogP contribution is -2.20. The summed E-state index contributed by atoms with van der Waals surface area (Å²) in [5, 5.41) is 15.4. The van der Waals surface area contributed by atoms with Gasteiger partial charge in [0.15, 0.2) is 5.96 Å². The van der Waals surface area contributed by atoms with Gasteiger partial charge in [-0.2, -0.15) is 8.42 Å². The molecule has 0 bridgehead atoms. The predicted octanol–water partition coefficient (Wildman–Crippen LogP) is 0.231. The maximum absolute atomic E-state index is 8.74. The average Bonchev–Trinajstić information content (AvgIpc) is 2.06. The Hall–Kier alpha value is -1.55. The molecule has 0 aliphatic heterocycles. The normalized spacial score (nSPS) is 9.12. The van der Waals surface area contributed by atoms with Crippen LogP contribution in [-0.4, -0.2) is 28.6 Å². The summed E-state index contributed by atoms with van der Waals surface area (Å²) in [6, 6.07) is 6.36. The molecule has 0 saturated carbocycles. The van der Waals surface area contributed by atoms with Gasteiger partial charge in [0, 0.05) is 5.02 Å². The molecule has 0 aliphatic rings. The highest BCUT2D eigenvalue weighted by Crippen LogP contribution is 2.12. The van der Waals surface area contributed by atoms with Gasteiger partial charge in [0.1, 0.15) is 5.75 Å². The van der Waals surface area contributed by atoms with Crippen LogP contribution in [0.3, 0.4) is 0 Å². The fourth-order valence-corrected chi connectivity index (χ4v) is 0.567. The fourth-order valence-electron chi connectivity index (χ4n) is 0.441. The first-order valence-corrected chi connectivity index (χ1v) is 5.53. The van der Waals surface area contributed by atoms with Crippen LogP contribution >= 0.6 is 11.6 Å². The molecule has 8 N–H and O–H groups in total. The third kappa shape index (κ3) is 31.4. The molecule has 0 aromatic heterocycles. The number of guanidine groups is 1. The van der Waals surface area contributed by atoms with Crippen LogP contribution in [0.2, 0.25) is 5.02 Å². The monoisotopic (exact) mass is 285 g/mol. The summed E-state index contributed by atoms with van der Waals surface area (Å²) in [7, 11) is -4.67. The topological polar surface area (TPSA) is 171 Å². The summed E-state index contributed by atoms with van der Waals surface area (Å²) >= 11 is 5.50. The first-order chi connectivity index (χ1) is 7.52. The molecular weight excluding hydrogens is 274 g/mol. The van der Waals surface area contributed by atoms with Crippen LogP contribution in [0.1, 0.15) is 0 Å². The van der Waals surface area contributed by atoms with Crippen LogP contribution < -0.4 is 11.5 Å². The van der Waals surface area contributed by atoms with Gasteiger partial charge in [-0.25, -0.2) is 0 Å². The molecule has 0 atom stereocenters. The molecule has 1 aromatic rings. The van der Waals surface area contributed by atoms with E-state index in [1.165, 1.54) is 0 Å². The van der Waals surface area contributed by atoms with Gasteiger partial charge in [0.25, 0.3) is 0 Å².